The number of thiol groups is 1. The van der Waals surface area contributed by atoms with Gasteiger partial charge in [-0.1, -0.05) is 11.6 Å². The fourth-order valence-corrected chi connectivity index (χ4v) is 1.50. The van der Waals surface area contributed by atoms with E-state index in [4.69, 9.17) is 16.3 Å². The summed E-state index contributed by atoms with van der Waals surface area (Å²) in [5, 5.41) is 0.0422. The molecule has 0 heterocycles. The van der Waals surface area contributed by atoms with E-state index in [1.54, 1.807) is 0 Å². The highest BCUT2D eigenvalue weighted by Gasteiger charge is 2.10. The van der Waals surface area contributed by atoms with Gasteiger partial charge in [-0.15, -0.1) is 0 Å². The molecule has 0 aliphatic rings. The van der Waals surface area contributed by atoms with Crippen molar-refractivity contribution < 1.29 is 17.5 Å². The third-order valence-corrected chi connectivity index (χ3v) is 2.45. The normalized spacial score (nSPS) is 10.5. The highest BCUT2D eigenvalue weighted by atomic mass is 35.5. The molecule has 1 rings (SSSR count). The van der Waals surface area contributed by atoms with Crippen LogP contribution in [0.2, 0.25) is 5.02 Å². The number of methoxy groups -OCH3 is 1. The molecule has 3 nitrogen and oxygen atoms in total. The Morgan fingerprint density at radius 2 is 2.08 bits per heavy atom. The number of hydrogen-bond acceptors (Lipinski definition) is 3. The predicted molar refractivity (Wildman–Crippen MR) is 46.5 cm³/mol. The third kappa shape index (κ3) is 2.10. The molecule has 0 fully saturated rings. The second kappa shape index (κ2) is 3.93. The Bertz CT molecular complexity index is 395. The molecule has 0 radical (unpaired) electrons. The molecule has 0 bridgehead atoms. The minimum Gasteiger partial charge on any atom is -0.495 e. The summed E-state index contributed by atoms with van der Waals surface area (Å²) in [6, 6.07) is 1.95. The van der Waals surface area contributed by atoms with Gasteiger partial charge in [0, 0.05) is 6.07 Å². The van der Waals surface area contributed by atoms with Crippen molar-refractivity contribution in [2.75, 3.05) is 7.11 Å². The minimum absolute atomic E-state index is 0.0422. The summed E-state index contributed by atoms with van der Waals surface area (Å²) in [6.07, 6.45) is 0. The van der Waals surface area contributed by atoms with Crippen molar-refractivity contribution in [3.63, 3.8) is 0 Å². The van der Waals surface area contributed by atoms with Crippen LogP contribution >= 0.6 is 11.6 Å². The van der Waals surface area contributed by atoms with Gasteiger partial charge in [-0.05, 0) is 6.07 Å². The van der Waals surface area contributed by atoms with Crippen LogP contribution in [0, 0.1) is 5.82 Å². The molecular formula is C7H6ClFO3S. The number of rotatable bonds is 2. The lowest BCUT2D eigenvalue weighted by molar-refractivity contribution is 0.411. The van der Waals surface area contributed by atoms with Gasteiger partial charge in [0.15, 0.2) is 10.7 Å². The van der Waals surface area contributed by atoms with Crippen LogP contribution in [-0.2, 0) is 10.7 Å². The van der Waals surface area contributed by atoms with Gasteiger partial charge < -0.3 is 4.74 Å². The van der Waals surface area contributed by atoms with Gasteiger partial charge in [0.1, 0.15) is 16.5 Å². The maximum Gasteiger partial charge on any atom is 0.171 e. The molecule has 1 aromatic rings. The van der Waals surface area contributed by atoms with Crippen molar-refractivity contribution in [2.24, 2.45) is 0 Å². The Kier molecular flexibility index (Phi) is 3.11. The standard InChI is InChI=1S/C7H6ClFO3S/c1-12-6-3-7(13(10)11)5(9)2-4(6)8/h2-3,13H,1H3. The second-order valence-electron chi connectivity index (χ2n) is 2.20. The summed E-state index contributed by atoms with van der Waals surface area (Å²) < 4.78 is 38.6. The van der Waals surface area contributed by atoms with Crippen LogP contribution in [0.3, 0.4) is 0 Å². The Labute approximate surface area is 81.0 Å². The number of ether oxygens (including phenoxy) is 1. The molecule has 72 valence electrons. The van der Waals surface area contributed by atoms with E-state index >= 15 is 0 Å². The molecule has 1 aromatic carbocycles. The smallest absolute Gasteiger partial charge is 0.171 e. The van der Waals surface area contributed by atoms with Gasteiger partial charge in [0.2, 0.25) is 0 Å². The molecule has 0 saturated heterocycles. The average Bonchev–Trinajstić information content (AvgIpc) is 2.03. The lowest BCUT2D eigenvalue weighted by Gasteiger charge is -2.03. The van der Waals surface area contributed by atoms with Crippen LogP contribution in [0.25, 0.3) is 0 Å². The first-order valence-corrected chi connectivity index (χ1v) is 4.79. The Hall–Kier alpha value is -0.810. The highest BCUT2D eigenvalue weighted by molar-refractivity contribution is 7.72. The van der Waals surface area contributed by atoms with Gasteiger partial charge >= 0.3 is 0 Å². The van der Waals surface area contributed by atoms with Crippen molar-refractivity contribution in [1.82, 2.24) is 0 Å². The number of benzene rings is 1. The quantitative estimate of drug-likeness (QED) is 0.774. The van der Waals surface area contributed by atoms with E-state index in [0.717, 1.165) is 12.1 Å². The van der Waals surface area contributed by atoms with Crippen LogP contribution in [0.15, 0.2) is 17.0 Å². The van der Waals surface area contributed by atoms with Crippen molar-refractivity contribution in [2.45, 2.75) is 4.90 Å². The fraction of sp³-hybridized carbons (Fsp3) is 0.143. The van der Waals surface area contributed by atoms with Crippen molar-refractivity contribution in [1.29, 1.82) is 0 Å². The SMILES string of the molecule is COc1cc([SH](=O)=O)c(F)cc1Cl. The van der Waals surface area contributed by atoms with Gasteiger partial charge in [-0.3, -0.25) is 0 Å². The van der Waals surface area contributed by atoms with E-state index in [0.29, 0.717) is 0 Å². The van der Waals surface area contributed by atoms with Crippen molar-refractivity contribution >= 4 is 22.3 Å². The highest BCUT2D eigenvalue weighted by Crippen LogP contribution is 2.27. The van der Waals surface area contributed by atoms with Crippen LogP contribution in [-0.4, -0.2) is 15.5 Å². The summed E-state index contributed by atoms with van der Waals surface area (Å²) in [5.74, 6) is -0.737. The molecule has 0 aliphatic heterocycles. The third-order valence-electron chi connectivity index (χ3n) is 1.42. The zero-order valence-corrected chi connectivity index (χ0v) is 8.23. The van der Waals surface area contributed by atoms with E-state index in [9.17, 15) is 12.8 Å². The Morgan fingerprint density at radius 1 is 1.46 bits per heavy atom. The molecule has 0 amide bonds. The average molecular weight is 225 g/mol. The molecule has 0 aliphatic carbocycles. The molecule has 0 atom stereocenters. The van der Waals surface area contributed by atoms with Crippen molar-refractivity contribution in [3.8, 4) is 5.75 Å². The molecule has 6 heteroatoms. The summed E-state index contributed by atoms with van der Waals surface area (Å²) in [4.78, 5) is -0.420. The zero-order valence-electron chi connectivity index (χ0n) is 6.58. The summed E-state index contributed by atoms with van der Waals surface area (Å²) >= 11 is 5.54. The van der Waals surface area contributed by atoms with E-state index in [1.807, 2.05) is 0 Å². The zero-order chi connectivity index (χ0) is 10.0. The van der Waals surface area contributed by atoms with Gasteiger partial charge in [-0.2, -0.15) is 0 Å². The molecular weight excluding hydrogens is 219 g/mol. The largest absolute Gasteiger partial charge is 0.495 e. The lowest BCUT2D eigenvalue weighted by Crippen LogP contribution is -1.91. The maximum absolute atomic E-state index is 12.9. The summed E-state index contributed by atoms with van der Waals surface area (Å²) in [5.41, 5.74) is 0. The van der Waals surface area contributed by atoms with Gasteiger partial charge in [0.25, 0.3) is 0 Å². The van der Waals surface area contributed by atoms with Crippen LogP contribution in [0.1, 0.15) is 0 Å². The molecule has 0 spiro atoms. The van der Waals surface area contributed by atoms with Crippen LogP contribution < -0.4 is 4.74 Å². The van der Waals surface area contributed by atoms with E-state index in [-0.39, 0.29) is 10.8 Å². The Balaban J connectivity index is 3.39. The lowest BCUT2D eigenvalue weighted by atomic mass is 10.3. The minimum atomic E-state index is -2.96. The van der Waals surface area contributed by atoms with Gasteiger partial charge in [-0.25, -0.2) is 12.8 Å². The molecule has 13 heavy (non-hydrogen) atoms. The van der Waals surface area contributed by atoms with E-state index in [1.165, 1.54) is 7.11 Å². The Morgan fingerprint density at radius 3 is 2.54 bits per heavy atom. The van der Waals surface area contributed by atoms with Crippen LogP contribution in [0.4, 0.5) is 4.39 Å². The first kappa shape index (κ1) is 10.3. The van der Waals surface area contributed by atoms with E-state index in [2.05, 4.69) is 0 Å². The maximum atomic E-state index is 12.9. The summed E-state index contributed by atoms with van der Waals surface area (Å²) in [6.45, 7) is 0. The second-order valence-corrected chi connectivity index (χ2v) is 3.60. The molecule has 0 saturated carbocycles. The fourth-order valence-electron chi connectivity index (χ4n) is 0.815. The van der Waals surface area contributed by atoms with Crippen LogP contribution in [0.5, 0.6) is 5.75 Å². The molecule has 0 aromatic heterocycles. The topological polar surface area (TPSA) is 43.4 Å². The summed E-state index contributed by atoms with van der Waals surface area (Å²) in [7, 11) is -1.64. The first-order chi connectivity index (χ1) is 6.06. The molecule has 0 unspecified atom stereocenters. The predicted octanol–water partition coefficient (Wildman–Crippen LogP) is 1.46. The monoisotopic (exact) mass is 224 g/mol. The number of hydrogen-bond donors (Lipinski definition) is 1. The number of halogens is 2. The first-order valence-electron chi connectivity index (χ1n) is 3.23. The van der Waals surface area contributed by atoms with E-state index < -0.39 is 21.4 Å². The van der Waals surface area contributed by atoms with Crippen molar-refractivity contribution in [3.05, 3.63) is 23.0 Å². The van der Waals surface area contributed by atoms with Gasteiger partial charge in [0.05, 0.1) is 12.1 Å². The molecule has 0 N–H and O–H groups in total.